The highest BCUT2D eigenvalue weighted by atomic mass is 16.6. The lowest BCUT2D eigenvalue weighted by Gasteiger charge is -2.40. The number of hydrazone groups is 1. The van der Waals surface area contributed by atoms with Crippen molar-refractivity contribution in [2.45, 2.75) is 45.6 Å². The van der Waals surface area contributed by atoms with Crippen LogP contribution in [0.25, 0.3) is 0 Å². The fourth-order valence-electron chi connectivity index (χ4n) is 3.38. The van der Waals surface area contributed by atoms with Gasteiger partial charge in [-0.15, -0.1) is 5.10 Å². The number of Topliss-reactive ketones (excluding diaryl/α,β-unsaturated/α-hetero) is 1. The van der Waals surface area contributed by atoms with Gasteiger partial charge >= 0.3 is 5.97 Å². The Balaban J connectivity index is 1.70. The average molecular weight is 403 g/mol. The number of carbonyl (C=O) groups excluding carboxylic acids is 2. The number of hydrogen-bond donors (Lipinski definition) is 3. The van der Waals surface area contributed by atoms with Crippen molar-refractivity contribution in [2.75, 3.05) is 19.8 Å². The second-order valence-corrected chi connectivity index (χ2v) is 8.58. The van der Waals surface area contributed by atoms with Crippen molar-refractivity contribution in [1.82, 2.24) is 10.4 Å². The van der Waals surface area contributed by atoms with Gasteiger partial charge in [-0.2, -0.15) is 5.12 Å². The number of hydrazine groups is 1. The van der Waals surface area contributed by atoms with E-state index in [4.69, 9.17) is 21.1 Å². The molecule has 29 heavy (non-hydrogen) atoms. The first-order valence-electron chi connectivity index (χ1n) is 9.71. The number of rotatable bonds is 4. The second-order valence-electron chi connectivity index (χ2n) is 8.58. The van der Waals surface area contributed by atoms with Crippen molar-refractivity contribution in [3.63, 3.8) is 0 Å². The molecule has 2 aliphatic rings. The highest BCUT2D eigenvalue weighted by Crippen LogP contribution is 2.38. The third-order valence-corrected chi connectivity index (χ3v) is 5.08. The summed E-state index contributed by atoms with van der Waals surface area (Å²) >= 11 is 0. The first-order valence-corrected chi connectivity index (χ1v) is 9.71. The Morgan fingerprint density at radius 3 is 2.69 bits per heavy atom. The van der Waals surface area contributed by atoms with Gasteiger partial charge in [0.1, 0.15) is 11.4 Å². The summed E-state index contributed by atoms with van der Waals surface area (Å²) < 4.78 is 11.3. The molecule has 1 aromatic rings. The van der Waals surface area contributed by atoms with Gasteiger partial charge in [-0.1, -0.05) is 0 Å². The van der Waals surface area contributed by atoms with Crippen molar-refractivity contribution in [3.8, 4) is 5.75 Å². The van der Waals surface area contributed by atoms with Crippen LogP contribution >= 0.6 is 0 Å². The summed E-state index contributed by atoms with van der Waals surface area (Å²) in [6.07, 6.45) is 1.96. The molecule has 0 radical (unpaired) electrons. The second kappa shape index (κ2) is 8.00. The van der Waals surface area contributed by atoms with E-state index >= 15 is 0 Å². The topological polar surface area (TPSA) is 132 Å². The number of benzene rings is 1. The zero-order chi connectivity index (χ0) is 21.2. The number of ketones is 1. The molecule has 158 valence electrons. The zero-order valence-electron chi connectivity index (χ0n) is 17.2. The first-order chi connectivity index (χ1) is 13.6. The molecule has 0 amide bonds. The normalized spacial score (nSPS) is 18.8. The van der Waals surface area contributed by atoms with Gasteiger partial charge in [0.2, 0.25) is 0 Å². The summed E-state index contributed by atoms with van der Waals surface area (Å²) in [7, 11) is 0. The minimum atomic E-state index is -0.638. The number of nitrogens with one attached hydrogen (secondary N) is 1. The molecule has 2 heterocycles. The Labute approximate surface area is 170 Å². The quantitative estimate of drug-likeness (QED) is 0.170. The third-order valence-electron chi connectivity index (χ3n) is 5.08. The Morgan fingerprint density at radius 1 is 1.34 bits per heavy atom. The fourth-order valence-corrected chi connectivity index (χ4v) is 3.38. The van der Waals surface area contributed by atoms with Gasteiger partial charge in [-0.25, -0.2) is 5.84 Å². The van der Waals surface area contributed by atoms with Gasteiger partial charge in [0.05, 0.1) is 17.4 Å². The zero-order valence-corrected chi connectivity index (χ0v) is 17.2. The van der Waals surface area contributed by atoms with Crippen molar-refractivity contribution < 1.29 is 19.1 Å². The van der Waals surface area contributed by atoms with Gasteiger partial charge < -0.3 is 20.5 Å². The molecule has 1 fully saturated rings. The van der Waals surface area contributed by atoms with Crippen LogP contribution in [0.2, 0.25) is 0 Å². The van der Waals surface area contributed by atoms with Gasteiger partial charge in [-0.3, -0.25) is 9.59 Å². The Morgan fingerprint density at radius 2 is 2.03 bits per heavy atom. The number of ether oxygens (including phenoxy) is 2. The van der Waals surface area contributed by atoms with Crippen LogP contribution in [-0.2, 0) is 9.53 Å². The van der Waals surface area contributed by atoms with Crippen molar-refractivity contribution in [3.05, 3.63) is 29.3 Å². The van der Waals surface area contributed by atoms with E-state index in [1.165, 1.54) is 0 Å². The average Bonchev–Trinajstić information content (AvgIpc) is 2.65. The number of carbonyl (C=O) groups is 2. The van der Waals surface area contributed by atoms with E-state index in [0.717, 1.165) is 31.0 Å². The molecule has 0 bridgehead atoms. The van der Waals surface area contributed by atoms with Crippen LogP contribution in [0.1, 0.15) is 56.0 Å². The van der Waals surface area contributed by atoms with Crippen LogP contribution in [0.4, 0.5) is 0 Å². The number of esters is 1. The standard InChI is InChI=1S/C20H29N5O4/c1-19(2,3)18(27)28-12-25(22)24-17(21)13-4-5-16-14(10-13)15(26)11-20(29-16)6-8-23-9-7-20/h4-5,10,23H,6-9,11-12,22H2,1-3H3,(H2,21,24). The lowest BCUT2D eigenvalue weighted by molar-refractivity contribution is -0.158. The monoisotopic (exact) mass is 403 g/mol. The van der Waals surface area contributed by atoms with E-state index in [1.807, 2.05) is 0 Å². The van der Waals surface area contributed by atoms with Crippen LogP contribution in [-0.4, -0.2) is 48.1 Å². The molecule has 9 nitrogen and oxygen atoms in total. The molecule has 1 spiro atoms. The van der Waals surface area contributed by atoms with E-state index in [2.05, 4.69) is 10.4 Å². The molecule has 5 N–H and O–H groups in total. The number of nitrogens with two attached hydrogens (primary N) is 2. The van der Waals surface area contributed by atoms with Gasteiger partial charge in [-0.05, 0) is 52.1 Å². The maximum Gasteiger partial charge on any atom is 0.313 e. The van der Waals surface area contributed by atoms with Crippen LogP contribution in [0, 0.1) is 5.41 Å². The maximum atomic E-state index is 12.8. The highest BCUT2D eigenvalue weighted by molar-refractivity contribution is 6.04. The number of hydrogen-bond acceptors (Lipinski definition) is 8. The largest absolute Gasteiger partial charge is 0.486 e. The smallest absolute Gasteiger partial charge is 0.313 e. The minimum Gasteiger partial charge on any atom is -0.486 e. The fraction of sp³-hybridized carbons (Fsp3) is 0.550. The summed E-state index contributed by atoms with van der Waals surface area (Å²) in [5.41, 5.74) is 6.01. The highest BCUT2D eigenvalue weighted by Gasteiger charge is 2.41. The van der Waals surface area contributed by atoms with E-state index < -0.39 is 17.0 Å². The summed E-state index contributed by atoms with van der Waals surface area (Å²) in [5, 5.41) is 8.26. The van der Waals surface area contributed by atoms with Crippen LogP contribution in [0.5, 0.6) is 5.75 Å². The van der Waals surface area contributed by atoms with Gasteiger partial charge in [0.15, 0.2) is 18.3 Å². The summed E-state index contributed by atoms with van der Waals surface area (Å²) in [6, 6.07) is 5.15. The maximum absolute atomic E-state index is 12.8. The van der Waals surface area contributed by atoms with E-state index in [9.17, 15) is 9.59 Å². The van der Waals surface area contributed by atoms with Crippen molar-refractivity contribution in [2.24, 2.45) is 22.1 Å². The van der Waals surface area contributed by atoms with Crippen LogP contribution in [0.3, 0.4) is 0 Å². The van der Waals surface area contributed by atoms with E-state index in [-0.39, 0.29) is 18.3 Å². The molecule has 1 aromatic carbocycles. The minimum absolute atomic E-state index is 0.0338. The predicted octanol–water partition coefficient (Wildman–Crippen LogP) is 1.12. The molecular formula is C20H29N5O4. The van der Waals surface area contributed by atoms with E-state index in [0.29, 0.717) is 23.3 Å². The number of fused-ring (bicyclic) bond motifs is 1. The van der Waals surface area contributed by atoms with Crippen LogP contribution < -0.4 is 21.6 Å². The molecule has 0 aliphatic carbocycles. The molecule has 0 atom stereocenters. The van der Waals surface area contributed by atoms with Crippen molar-refractivity contribution >= 4 is 17.6 Å². The van der Waals surface area contributed by atoms with Crippen molar-refractivity contribution in [1.29, 1.82) is 0 Å². The molecule has 3 rings (SSSR count). The Bertz CT molecular complexity index is 825. The Hall–Kier alpha value is -2.65. The van der Waals surface area contributed by atoms with Crippen LogP contribution in [0.15, 0.2) is 23.3 Å². The van der Waals surface area contributed by atoms with E-state index in [1.54, 1.807) is 39.0 Å². The number of amidine groups is 1. The molecule has 1 saturated heterocycles. The summed E-state index contributed by atoms with van der Waals surface area (Å²) in [6.45, 7) is 6.68. The molecule has 0 saturated carbocycles. The lowest BCUT2D eigenvalue weighted by Crippen LogP contribution is -2.49. The van der Waals surface area contributed by atoms with Gasteiger partial charge in [0.25, 0.3) is 0 Å². The molecule has 0 unspecified atom stereocenters. The third kappa shape index (κ3) is 4.86. The predicted molar refractivity (Wildman–Crippen MR) is 108 cm³/mol. The SMILES string of the molecule is CC(C)(C)C(=O)OCN(N)/N=C(\N)c1ccc2c(c1)C(=O)CC1(CCNCC1)O2. The van der Waals surface area contributed by atoms with Gasteiger partial charge in [0, 0.05) is 18.4 Å². The first kappa shape index (κ1) is 21.1. The summed E-state index contributed by atoms with van der Waals surface area (Å²) in [4.78, 5) is 24.6. The summed E-state index contributed by atoms with van der Waals surface area (Å²) in [5.74, 6) is 6.07. The Kier molecular flexibility index (Phi) is 5.81. The number of piperidine rings is 1. The lowest BCUT2D eigenvalue weighted by atomic mass is 9.83. The molecule has 0 aromatic heterocycles. The molecule has 2 aliphatic heterocycles. The number of nitrogens with zero attached hydrogens (tertiary/aromatic N) is 2. The molecular weight excluding hydrogens is 374 g/mol. The molecule has 9 heteroatoms.